The van der Waals surface area contributed by atoms with Crippen molar-refractivity contribution in [1.29, 1.82) is 0 Å². The molecule has 1 aromatic rings. The zero-order valence-electron chi connectivity index (χ0n) is 8.83. The third-order valence-electron chi connectivity index (χ3n) is 2.60. The molecule has 1 fully saturated rings. The second-order valence-corrected chi connectivity index (χ2v) is 5.56. The van der Waals surface area contributed by atoms with E-state index in [1.54, 1.807) is 12.1 Å². The first-order valence-electron chi connectivity index (χ1n) is 5.11. The summed E-state index contributed by atoms with van der Waals surface area (Å²) in [4.78, 5) is 0. The molecular weight excluding hydrogens is 226 g/mol. The number of hydrogen-bond acceptors (Lipinski definition) is 3. The lowest BCUT2D eigenvalue weighted by molar-refractivity contribution is 0.399. The monoisotopic (exact) mass is 241 g/mol. The van der Waals surface area contributed by atoms with Crippen LogP contribution in [-0.4, -0.2) is 18.8 Å². The molecule has 0 spiro atoms. The number of hydrogen-bond donors (Lipinski definition) is 2. The Bertz CT molecular complexity index is 465. The largest absolute Gasteiger partial charge is 0.399 e. The fourth-order valence-electron chi connectivity index (χ4n) is 1.59. The van der Waals surface area contributed by atoms with Crippen LogP contribution >= 0.6 is 0 Å². The summed E-state index contributed by atoms with van der Waals surface area (Å²) in [7, 11) is -3.61. The Hall–Kier alpha value is -1.11. The zero-order chi connectivity index (χ0) is 11.8. The molecule has 1 aliphatic carbocycles. The summed E-state index contributed by atoms with van der Waals surface area (Å²) in [6, 6.07) is 7.21. The molecule has 2 rings (SSSR count). The predicted molar refractivity (Wildman–Crippen MR) is 62.5 cm³/mol. The first-order chi connectivity index (χ1) is 7.47. The van der Waals surface area contributed by atoms with E-state index in [1.165, 1.54) is 4.31 Å². The van der Waals surface area contributed by atoms with Gasteiger partial charge in [-0.05, 0) is 30.5 Å². The normalized spacial score (nSPS) is 16.6. The van der Waals surface area contributed by atoms with Crippen LogP contribution in [-0.2, 0) is 16.8 Å². The van der Waals surface area contributed by atoms with Crippen molar-refractivity contribution < 1.29 is 8.42 Å². The molecule has 0 amide bonds. The molecule has 0 aromatic heterocycles. The highest BCUT2D eigenvalue weighted by Crippen LogP contribution is 2.29. The first kappa shape index (κ1) is 11.4. The minimum Gasteiger partial charge on any atom is -0.399 e. The van der Waals surface area contributed by atoms with Crippen LogP contribution in [0.2, 0.25) is 0 Å². The molecule has 1 aliphatic rings. The highest BCUT2D eigenvalue weighted by Gasteiger charge is 2.35. The van der Waals surface area contributed by atoms with Crippen molar-refractivity contribution in [3.63, 3.8) is 0 Å². The van der Waals surface area contributed by atoms with E-state index < -0.39 is 10.2 Å². The van der Waals surface area contributed by atoms with Gasteiger partial charge in [0.05, 0.1) is 0 Å². The molecule has 5 nitrogen and oxygen atoms in total. The standard InChI is InChI=1S/C10H15N3O2S/c11-9-3-1-8(2-4-9)7-13(10-5-6-10)16(12,14)15/h1-4,10H,5-7,11H2,(H2,12,14,15). The maximum absolute atomic E-state index is 11.4. The summed E-state index contributed by atoms with van der Waals surface area (Å²) in [6.45, 7) is 0.323. The Balaban J connectivity index is 2.15. The Morgan fingerprint density at radius 1 is 1.25 bits per heavy atom. The van der Waals surface area contributed by atoms with Crippen LogP contribution in [0.5, 0.6) is 0 Å². The van der Waals surface area contributed by atoms with Gasteiger partial charge in [0, 0.05) is 18.3 Å². The number of benzene rings is 1. The van der Waals surface area contributed by atoms with Crippen molar-refractivity contribution in [3.05, 3.63) is 29.8 Å². The molecule has 0 atom stereocenters. The number of anilines is 1. The van der Waals surface area contributed by atoms with Gasteiger partial charge in [-0.15, -0.1) is 0 Å². The Morgan fingerprint density at radius 2 is 1.81 bits per heavy atom. The summed E-state index contributed by atoms with van der Waals surface area (Å²) < 4.78 is 24.1. The molecule has 0 unspecified atom stereocenters. The van der Waals surface area contributed by atoms with Gasteiger partial charge in [0.15, 0.2) is 0 Å². The van der Waals surface area contributed by atoms with Crippen LogP contribution in [0.25, 0.3) is 0 Å². The molecule has 0 saturated heterocycles. The molecule has 1 saturated carbocycles. The number of nitrogens with two attached hydrogens (primary N) is 2. The van der Waals surface area contributed by atoms with E-state index in [0.29, 0.717) is 12.2 Å². The third kappa shape index (κ3) is 2.72. The lowest BCUT2D eigenvalue weighted by Gasteiger charge is -2.18. The number of nitrogens with zero attached hydrogens (tertiary/aromatic N) is 1. The predicted octanol–water partition coefficient (Wildman–Crippen LogP) is 0.437. The van der Waals surface area contributed by atoms with Gasteiger partial charge in [0.2, 0.25) is 0 Å². The molecule has 4 N–H and O–H groups in total. The number of nitrogen functional groups attached to an aromatic ring is 1. The maximum atomic E-state index is 11.4. The SMILES string of the molecule is Nc1ccc(CN(C2CC2)S(N)(=O)=O)cc1. The summed E-state index contributed by atoms with van der Waals surface area (Å²) in [5.41, 5.74) is 7.12. The molecule has 0 aliphatic heterocycles. The third-order valence-corrected chi connectivity index (χ3v) is 3.68. The zero-order valence-corrected chi connectivity index (χ0v) is 9.65. The smallest absolute Gasteiger partial charge is 0.277 e. The molecule has 88 valence electrons. The van der Waals surface area contributed by atoms with E-state index in [-0.39, 0.29) is 6.04 Å². The Morgan fingerprint density at radius 3 is 2.25 bits per heavy atom. The van der Waals surface area contributed by atoms with Gasteiger partial charge < -0.3 is 5.73 Å². The van der Waals surface area contributed by atoms with Gasteiger partial charge in [-0.1, -0.05) is 12.1 Å². The van der Waals surface area contributed by atoms with Crippen molar-refractivity contribution in [2.75, 3.05) is 5.73 Å². The van der Waals surface area contributed by atoms with Crippen molar-refractivity contribution in [2.24, 2.45) is 5.14 Å². The molecule has 0 bridgehead atoms. The second-order valence-electron chi connectivity index (χ2n) is 4.06. The van der Waals surface area contributed by atoms with Crippen molar-refractivity contribution in [1.82, 2.24) is 4.31 Å². The minimum absolute atomic E-state index is 0.0764. The van der Waals surface area contributed by atoms with Crippen LogP contribution in [0.1, 0.15) is 18.4 Å². The molecule has 0 heterocycles. The van der Waals surface area contributed by atoms with Gasteiger partial charge in [-0.3, -0.25) is 0 Å². The van der Waals surface area contributed by atoms with Crippen LogP contribution < -0.4 is 10.9 Å². The minimum atomic E-state index is -3.61. The van der Waals surface area contributed by atoms with E-state index in [1.807, 2.05) is 12.1 Å². The highest BCUT2D eigenvalue weighted by atomic mass is 32.2. The van der Waals surface area contributed by atoms with Gasteiger partial charge >= 0.3 is 0 Å². The van der Waals surface area contributed by atoms with Crippen molar-refractivity contribution >= 4 is 15.9 Å². The Kier molecular flexibility index (Phi) is 2.88. The van der Waals surface area contributed by atoms with E-state index in [2.05, 4.69) is 0 Å². The van der Waals surface area contributed by atoms with E-state index in [9.17, 15) is 8.42 Å². The van der Waals surface area contributed by atoms with Crippen LogP contribution in [0.4, 0.5) is 5.69 Å². The van der Waals surface area contributed by atoms with Gasteiger partial charge in [-0.2, -0.15) is 12.7 Å². The summed E-state index contributed by atoms with van der Waals surface area (Å²) in [5, 5.41) is 5.17. The summed E-state index contributed by atoms with van der Waals surface area (Å²) in [6.07, 6.45) is 1.79. The average molecular weight is 241 g/mol. The van der Waals surface area contributed by atoms with Crippen molar-refractivity contribution in [3.8, 4) is 0 Å². The van der Waals surface area contributed by atoms with Crippen LogP contribution in [0.15, 0.2) is 24.3 Å². The maximum Gasteiger partial charge on any atom is 0.277 e. The number of rotatable bonds is 4. The fraction of sp³-hybridized carbons (Fsp3) is 0.400. The van der Waals surface area contributed by atoms with E-state index in [4.69, 9.17) is 10.9 Å². The van der Waals surface area contributed by atoms with E-state index in [0.717, 1.165) is 18.4 Å². The van der Waals surface area contributed by atoms with Crippen LogP contribution in [0.3, 0.4) is 0 Å². The lowest BCUT2D eigenvalue weighted by atomic mass is 10.2. The van der Waals surface area contributed by atoms with Gasteiger partial charge in [-0.25, -0.2) is 5.14 Å². The van der Waals surface area contributed by atoms with Gasteiger partial charge in [0.1, 0.15) is 0 Å². The summed E-state index contributed by atoms with van der Waals surface area (Å²) in [5.74, 6) is 0. The highest BCUT2D eigenvalue weighted by molar-refractivity contribution is 7.86. The molecule has 0 radical (unpaired) electrons. The molecule has 16 heavy (non-hydrogen) atoms. The summed E-state index contributed by atoms with van der Waals surface area (Å²) >= 11 is 0. The fourth-order valence-corrected chi connectivity index (χ4v) is 2.55. The first-order valence-corrected chi connectivity index (χ1v) is 6.61. The Labute approximate surface area is 95.2 Å². The topological polar surface area (TPSA) is 89.4 Å². The second kappa shape index (κ2) is 4.04. The molecular formula is C10H15N3O2S. The average Bonchev–Trinajstić information content (AvgIpc) is 2.98. The van der Waals surface area contributed by atoms with Crippen LogP contribution in [0, 0.1) is 0 Å². The molecule has 6 heteroatoms. The molecule has 1 aromatic carbocycles. The van der Waals surface area contributed by atoms with Gasteiger partial charge in [0.25, 0.3) is 10.2 Å². The quantitative estimate of drug-likeness (QED) is 0.749. The van der Waals surface area contributed by atoms with E-state index >= 15 is 0 Å². The van der Waals surface area contributed by atoms with Crippen molar-refractivity contribution in [2.45, 2.75) is 25.4 Å². The lowest BCUT2D eigenvalue weighted by Crippen LogP contribution is -2.37.